The van der Waals surface area contributed by atoms with E-state index in [1.807, 2.05) is 12.1 Å². The number of carbonyl (C=O) groups is 1. The minimum absolute atomic E-state index is 0.548. The van der Waals surface area contributed by atoms with Crippen molar-refractivity contribution in [2.24, 2.45) is 0 Å². The third-order valence-corrected chi connectivity index (χ3v) is 4.10. The molecule has 0 aliphatic heterocycles. The molecule has 1 aromatic rings. The first kappa shape index (κ1) is 13.4. The maximum Gasteiger partial charge on any atom is 0.152 e. The predicted octanol–water partition coefficient (Wildman–Crippen LogP) is 4.31. The van der Waals surface area contributed by atoms with Crippen LogP contribution < -0.4 is 4.90 Å². The highest BCUT2D eigenvalue weighted by atomic mass is 35.5. The summed E-state index contributed by atoms with van der Waals surface area (Å²) in [6.07, 6.45) is 8.60. The molecule has 1 aliphatic rings. The Balaban J connectivity index is 2.21. The molecule has 2 nitrogen and oxygen atoms in total. The Hall–Kier alpha value is -1.02. The number of nitrogens with zero attached hydrogens (tertiary/aromatic N) is 1. The number of aldehydes is 1. The van der Waals surface area contributed by atoms with E-state index in [1.54, 1.807) is 6.07 Å². The van der Waals surface area contributed by atoms with E-state index >= 15 is 0 Å². The van der Waals surface area contributed by atoms with E-state index in [-0.39, 0.29) is 0 Å². The molecule has 0 radical (unpaired) electrons. The van der Waals surface area contributed by atoms with Crippen molar-refractivity contribution < 1.29 is 4.79 Å². The smallest absolute Gasteiger partial charge is 0.152 e. The lowest BCUT2D eigenvalue weighted by molar-refractivity contribution is 0.112. The third-order valence-electron chi connectivity index (χ3n) is 3.87. The molecular weight excluding hydrogens is 246 g/mol. The van der Waals surface area contributed by atoms with E-state index in [4.69, 9.17) is 11.6 Å². The molecule has 1 aliphatic carbocycles. The van der Waals surface area contributed by atoms with Crippen molar-refractivity contribution in [2.75, 3.05) is 11.9 Å². The van der Waals surface area contributed by atoms with Gasteiger partial charge in [0.15, 0.2) is 6.29 Å². The fourth-order valence-corrected chi connectivity index (χ4v) is 2.96. The number of carbonyl (C=O) groups excluding carboxylic acids is 1. The number of hydrogen-bond acceptors (Lipinski definition) is 2. The second-order valence-corrected chi connectivity index (χ2v) is 5.51. The second kappa shape index (κ2) is 6.24. The molecule has 3 heteroatoms. The summed E-state index contributed by atoms with van der Waals surface area (Å²) in [4.78, 5) is 13.4. The summed E-state index contributed by atoms with van der Waals surface area (Å²) in [6.45, 7) is 0. The van der Waals surface area contributed by atoms with Crippen LogP contribution in [0.2, 0.25) is 5.02 Å². The zero-order chi connectivity index (χ0) is 13.0. The van der Waals surface area contributed by atoms with Crippen molar-refractivity contribution in [3.63, 3.8) is 0 Å². The maximum absolute atomic E-state index is 11.1. The van der Waals surface area contributed by atoms with Crippen LogP contribution in [0, 0.1) is 0 Å². The van der Waals surface area contributed by atoms with Gasteiger partial charge in [-0.15, -0.1) is 0 Å². The van der Waals surface area contributed by atoms with E-state index in [9.17, 15) is 4.79 Å². The van der Waals surface area contributed by atoms with Crippen molar-refractivity contribution in [1.29, 1.82) is 0 Å². The molecule has 18 heavy (non-hydrogen) atoms. The third kappa shape index (κ3) is 3.05. The fourth-order valence-electron chi connectivity index (χ4n) is 2.78. The summed E-state index contributed by atoms with van der Waals surface area (Å²) >= 11 is 5.93. The highest BCUT2D eigenvalue weighted by molar-refractivity contribution is 6.31. The van der Waals surface area contributed by atoms with Gasteiger partial charge in [0.25, 0.3) is 0 Å². The molecule has 0 saturated heterocycles. The summed E-state index contributed by atoms with van der Waals surface area (Å²) in [5.41, 5.74) is 1.69. The molecule has 2 rings (SSSR count). The van der Waals surface area contributed by atoms with E-state index < -0.39 is 0 Å². The van der Waals surface area contributed by atoms with Crippen LogP contribution in [0.1, 0.15) is 48.9 Å². The predicted molar refractivity (Wildman–Crippen MR) is 76.7 cm³/mol. The first-order chi connectivity index (χ1) is 8.72. The molecule has 0 spiro atoms. The van der Waals surface area contributed by atoms with Gasteiger partial charge in [-0.25, -0.2) is 0 Å². The lowest BCUT2D eigenvalue weighted by Gasteiger charge is -2.30. The summed E-state index contributed by atoms with van der Waals surface area (Å²) in [5.74, 6) is 0. The molecule has 0 unspecified atom stereocenters. The first-order valence-electron chi connectivity index (χ1n) is 6.70. The SMILES string of the molecule is CN(c1ccc(Cl)cc1C=O)C1CCCCCC1. The summed E-state index contributed by atoms with van der Waals surface area (Å²) < 4.78 is 0. The molecule has 0 bridgehead atoms. The van der Waals surface area contributed by atoms with E-state index in [2.05, 4.69) is 11.9 Å². The molecular formula is C15H20ClNO. The quantitative estimate of drug-likeness (QED) is 0.600. The van der Waals surface area contributed by atoms with Gasteiger partial charge in [-0.2, -0.15) is 0 Å². The Labute approximate surface area is 114 Å². The molecule has 1 fully saturated rings. The highest BCUT2D eigenvalue weighted by Crippen LogP contribution is 2.28. The van der Waals surface area contributed by atoms with Crippen LogP contribution in [-0.4, -0.2) is 19.4 Å². The van der Waals surface area contributed by atoms with Gasteiger partial charge in [-0.1, -0.05) is 37.3 Å². The van der Waals surface area contributed by atoms with Crippen LogP contribution in [0.4, 0.5) is 5.69 Å². The lowest BCUT2D eigenvalue weighted by atomic mass is 10.1. The van der Waals surface area contributed by atoms with Crippen LogP contribution in [-0.2, 0) is 0 Å². The molecule has 0 amide bonds. The lowest BCUT2D eigenvalue weighted by Crippen LogP contribution is -2.31. The molecule has 0 N–H and O–H groups in total. The molecule has 0 atom stereocenters. The van der Waals surface area contributed by atoms with Gasteiger partial charge in [0.1, 0.15) is 0 Å². The van der Waals surface area contributed by atoms with Gasteiger partial charge in [0.05, 0.1) is 0 Å². The largest absolute Gasteiger partial charge is 0.371 e. The molecule has 1 aromatic carbocycles. The summed E-state index contributed by atoms with van der Waals surface area (Å²) in [6, 6.07) is 6.11. The fraction of sp³-hybridized carbons (Fsp3) is 0.533. The van der Waals surface area contributed by atoms with Crippen molar-refractivity contribution in [2.45, 2.75) is 44.6 Å². The molecule has 98 valence electrons. The Morgan fingerprint density at radius 1 is 1.22 bits per heavy atom. The van der Waals surface area contributed by atoms with Crippen molar-refractivity contribution in [3.05, 3.63) is 28.8 Å². The zero-order valence-electron chi connectivity index (χ0n) is 10.9. The van der Waals surface area contributed by atoms with Gasteiger partial charge in [0, 0.05) is 29.4 Å². The molecule has 1 saturated carbocycles. The van der Waals surface area contributed by atoms with Crippen LogP contribution >= 0.6 is 11.6 Å². The van der Waals surface area contributed by atoms with Crippen molar-refractivity contribution in [1.82, 2.24) is 0 Å². The van der Waals surface area contributed by atoms with E-state index in [0.717, 1.165) is 12.0 Å². The second-order valence-electron chi connectivity index (χ2n) is 5.08. The van der Waals surface area contributed by atoms with E-state index in [1.165, 1.54) is 38.5 Å². The summed E-state index contributed by atoms with van der Waals surface area (Å²) in [5, 5.41) is 0.620. The van der Waals surface area contributed by atoms with E-state index in [0.29, 0.717) is 16.6 Å². The zero-order valence-corrected chi connectivity index (χ0v) is 11.6. The average Bonchev–Trinajstić information content (AvgIpc) is 2.66. The van der Waals surface area contributed by atoms with Crippen molar-refractivity contribution in [3.8, 4) is 0 Å². The van der Waals surface area contributed by atoms with Crippen LogP contribution in [0.25, 0.3) is 0 Å². The van der Waals surface area contributed by atoms with Crippen LogP contribution in [0.5, 0.6) is 0 Å². The number of rotatable bonds is 3. The minimum Gasteiger partial charge on any atom is -0.371 e. The standard InChI is InChI=1S/C15H20ClNO/c1-17(14-6-4-2-3-5-7-14)15-9-8-13(16)10-12(15)11-18/h8-11,14H,2-7H2,1H3. The van der Waals surface area contributed by atoms with Crippen LogP contribution in [0.3, 0.4) is 0 Å². The van der Waals surface area contributed by atoms with Gasteiger partial charge < -0.3 is 4.90 Å². The number of halogens is 1. The Morgan fingerprint density at radius 3 is 2.50 bits per heavy atom. The normalized spacial score (nSPS) is 17.2. The number of benzene rings is 1. The molecule has 0 aromatic heterocycles. The van der Waals surface area contributed by atoms with Gasteiger partial charge in [0.2, 0.25) is 0 Å². The maximum atomic E-state index is 11.1. The minimum atomic E-state index is 0.548. The first-order valence-corrected chi connectivity index (χ1v) is 7.07. The van der Waals surface area contributed by atoms with Crippen LogP contribution in [0.15, 0.2) is 18.2 Å². The van der Waals surface area contributed by atoms with Crippen molar-refractivity contribution >= 4 is 23.6 Å². The Kier molecular flexibility index (Phi) is 4.65. The van der Waals surface area contributed by atoms with Gasteiger partial charge in [-0.3, -0.25) is 4.79 Å². The topological polar surface area (TPSA) is 20.3 Å². The molecule has 0 heterocycles. The van der Waals surface area contributed by atoms with Gasteiger partial charge >= 0.3 is 0 Å². The summed E-state index contributed by atoms with van der Waals surface area (Å²) in [7, 11) is 2.09. The Bertz CT molecular complexity index is 411. The average molecular weight is 266 g/mol. The van der Waals surface area contributed by atoms with Gasteiger partial charge in [-0.05, 0) is 31.0 Å². The monoisotopic (exact) mass is 265 g/mol. The Morgan fingerprint density at radius 2 is 1.89 bits per heavy atom. The number of hydrogen-bond donors (Lipinski definition) is 0. The number of anilines is 1. The highest BCUT2D eigenvalue weighted by Gasteiger charge is 2.19.